The van der Waals surface area contributed by atoms with Gasteiger partial charge in [-0.2, -0.15) is 0 Å². The van der Waals surface area contributed by atoms with Crippen molar-refractivity contribution in [2.24, 2.45) is 0 Å². The van der Waals surface area contributed by atoms with Crippen LogP contribution in [0.1, 0.15) is 104 Å². The van der Waals surface area contributed by atoms with Crippen LogP contribution in [0.2, 0.25) is 0 Å². The lowest BCUT2D eigenvalue weighted by atomic mass is 10.0. The Labute approximate surface area is 122 Å². The largest absolute Gasteiger partial charge is 0.379 e. The molecule has 19 heavy (non-hydrogen) atoms. The summed E-state index contributed by atoms with van der Waals surface area (Å²) in [7, 11) is 0. The molecule has 1 heteroatoms. The minimum atomic E-state index is 0.471. The fourth-order valence-electron chi connectivity index (χ4n) is 2.50. The van der Waals surface area contributed by atoms with Gasteiger partial charge in [-0.05, 0) is 19.8 Å². The smallest absolute Gasteiger partial charge is 0.0547 e. The number of hydrogen-bond acceptors (Lipinski definition) is 1. The topological polar surface area (TPSA) is 9.23 Å². The molecule has 116 valence electrons. The quantitative estimate of drug-likeness (QED) is 0.308. The normalized spacial score (nSPS) is 12.8. The molecule has 0 saturated carbocycles. The molecule has 0 bridgehead atoms. The highest BCUT2D eigenvalue weighted by atomic mass is 16.5. The minimum Gasteiger partial charge on any atom is -0.379 e. The van der Waals surface area contributed by atoms with E-state index >= 15 is 0 Å². The molecule has 0 amide bonds. The molecule has 0 aromatic carbocycles. The molecule has 0 saturated heterocycles. The fourth-order valence-corrected chi connectivity index (χ4v) is 2.50. The van der Waals surface area contributed by atoms with Gasteiger partial charge in [0.15, 0.2) is 0 Å². The summed E-state index contributed by atoms with van der Waals surface area (Å²) in [5.74, 6) is 0. The molecule has 0 aromatic rings. The van der Waals surface area contributed by atoms with Crippen LogP contribution in [-0.4, -0.2) is 12.7 Å². The Hall–Kier alpha value is -0.0400. The zero-order valence-electron chi connectivity index (χ0n) is 13.9. The third-order valence-electron chi connectivity index (χ3n) is 3.82. The van der Waals surface area contributed by atoms with Gasteiger partial charge >= 0.3 is 0 Å². The van der Waals surface area contributed by atoms with Crippen LogP contribution in [0.3, 0.4) is 0 Å². The summed E-state index contributed by atoms with van der Waals surface area (Å²) in [6, 6.07) is 0. The van der Waals surface area contributed by atoms with Crippen molar-refractivity contribution in [2.45, 2.75) is 110 Å². The third kappa shape index (κ3) is 15.9. The first-order chi connectivity index (χ1) is 9.31. The number of rotatable bonds is 15. The second kappa shape index (κ2) is 16.0. The van der Waals surface area contributed by atoms with Crippen molar-refractivity contribution in [3.8, 4) is 0 Å². The average molecular weight is 271 g/mol. The van der Waals surface area contributed by atoms with Crippen molar-refractivity contribution >= 4 is 0 Å². The summed E-state index contributed by atoms with van der Waals surface area (Å²) in [5, 5.41) is 0. The van der Waals surface area contributed by atoms with E-state index in [4.69, 9.17) is 4.74 Å². The summed E-state index contributed by atoms with van der Waals surface area (Å²) < 4.78 is 5.68. The Morgan fingerprint density at radius 2 is 1.11 bits per heavy atom. The number of hydrogen-bond donors (Lipinski definition) is 0. The predicted octanol–water partition coefficient (Wildman–Crippen LogP) is 6.50. The maximum absolute atomic E-state index is 5.68. The van der Waals surface area contributed by atoms with E-state index in [9.17, 15) is 0 Å². The zero-order valence-corrected chi connectivity index (χ0v) is 13.9. The summed E-state index contributed by atoms with van der Waals surface area (Å²) in [5.41, 5.74) is 0. The monoisotopic (exact) mass is 270 g/mol. The van der Waals surface area contributed by atoms with E-state index in [2.05, 4.69) is 20.8 Å². The van der Waals surface area contributed by atoms with Crippen LogP contribution in [0.4, 0.5) is 0 Å². The molecule has 0 N–H and O–H groups in total. The Bertz CT molecular complexity index is 156. The van der Waals surface area contributed by atoms with E-state index in [0.29, 0.717) is 6.10 Å². The van der Waals surface area contributed by atoms with Gasteiger partial charge in [-0.1, -0.05) is 84.5 Å². The van der Waals surface area contributed by atoms with Gasteiger partial charge in [0.25, 0.3) is 0 Å². The van der Waals surface area contributed by atoms with Gasteiger partial charge in [0.1, 0.15) is 0 Å². The van der Waals surface area contributed by atoms with Gasteiger partial charge in [-0.15, -0.1) is 0 Å². The minimum absolute atomic E-state index is 0.471. The maximum Gasteiger partial charge on any atom is 0.0547 e. The van der Waals surface area contributed by atoms with Crippen LogP contribution >= 0.6 is 0 Å². The molecule has 0 radical (unpaired) electrons. The highest BCUT2D eigenvalue weighted by Gasteiger charge is 2.00. The SMILES string of the molecule is CCCCCCCCCCCCCC(C)OCCC. The van der Waals surface area contributed by atoms with Crippen molar-refractivity contribution in [3.05, 3.63) is 0 Å². The summed E-state index contributed by atoms with van der Waals surface area (Å²) >= 11 is 0. The molecule has 1 atom stereocenters. The third-order valence-corrected chi connectivity index (χ3v) is 3.82. The molecule has 0 aliphatic rings. The van der Waals surface area contributed by atoms with E-state index in [1.165, 1.54) is 77.0 Å². The van der Waals surface area contributed by atoms with Crippen LogP contribution in [0.5, 0.6) is 0 Å². The van der Waals surface area contributed by atoms with Gasteiger partial charge in [-0.3, -0.25) is 0 Å². The van der Waals surface area contributed by atoms with Gasteiger partial charge in [-0.25, -0.2) is 0 Å². The van der Waals surface area contributed by atoms with Gasteiger partial charge in [0, 0.05) is 6.61 Å². The molecule has 0 aliphatic carbocycles. The number of ether oxygens (including phenoxy) is 1. The van der Waals surface area contributed by atoms with Gasteiger partial charge in [0.05, 0.1) is 6.10 Å². The lowest BCUT2D eigenvalue weighted by molar-refractivity contribution is 0.0589. The first-order valence-corrected chi connectivity index (χ1v) is 8.92. The molecular formula is C18H38O. The van der Waals surface area contributed by atoms with Crippen molar-refractivity contribution in [1.82, 2.24) is 0 Å². The summed E-state index contributed by atoms with van der Waals surface area (Å²) in [6.45, 7) is 7.61. The van der Waals surface area contributed by atoms with Crippen LogP contribution < -0.4 is 0 Å². The molecule has 0 heterocycles. The maximum atomic E-state index is 5.68. The second-order valence-electron chi connectivity index (χ2n) is 6.01. The zero-order chi connectivity index (χ0) is 14.2. The Morgan fingerprint density at radius 1 is 0.632 bits per heavy atom. The van der Waals surface area contributed by atoms with Crippen molar-refractivity contribution in [1.29, 1.82) is 0 Å². The summed E-state index contributed by atoms with van der Waals surface area (Å²) in [6.07, 6.45) is 18.5. The van der Waals surface area contributed by atoms with E-state index in [0.717, 1.165) is 13.0 Å². The molecule has 0 aliphatic heterocycles. The molecule has 0 spiro atoms. The van der Waals surface area contributed by atoms with Crippen molar-refractivity contribution in [2.75, 3.05) is 6.61 Å². The van der Waals surface area contributed by atoms with Crippen molar-refractivity contribution in [3.63, 3.8) is 0 Å². The van der Waals surface area contributed by atoms with Crippen LogP contribution in [0.15, 0.2) is 0 Å². The van der Waals surface area contributed by atoms with Crippen molar-refractivity contribution < 1.29 is 4.74 Å². The molecule has 0 rings (SSSR count). The van der Waals surface area contributed by atoms with Crippen LogP contribution in [-0.2, 0) is 4.74 Å². The fraction of sp³-hybridized carbons (Fsp3) is 1.00. The Balaban J connectivity index is 3.02. The average Bonchev–Trinajstić information content (AvgIpc) is 2.42. The Kier molecular flexibility index (Phi) is 16.0. The lowest BCUT2D eigenvalue weighted by Gasteiger charge is -2.11. The first kappa shape index (κ1) is 19.0. The molecule has 1 nitrogen and oxygen atoms in total. The number of unbranched alkanes of at least 4 members (excludes halogenated alkanes) is 10. The van der Waals surface area contributed by atoms with Gasteiger partial charge < -0.3 is 4.74 Å². The first-order valence-electron chi connectivity index (χ1n) is 8.92. The lowest BCUT2D eigenvalue weighted by Crippen LogP contribution is -2.08. The van der Waals surface area contributed by atoms with E-state index in [-0.39, 0.29) is 0 Å². The predicted molar refractivity (Wildman–Crippen MR) is 86.8 cm³/mol. The highest BCUT2D eigenvalue weighted by Crippen LogP contribution is 2.13. The standard InChI is InChI=1S/C18H38O/c1-4-6-7-8-9-10-11-12-13-14-15-16-18(3)19-17-5-2/h18H,4-17H2,1-3H3. The summed E-state index contributed by atoms with van der Waals surface area (Å²) in [4.78, 5) is 0. The van der Waals surface area contributed by atoms with Gasteiger partial charge in [0.2, 0.25) is 0 Å². The van der Waals surface area contributed by atoms with E-state index in [1.807, 2.05) is 0 Å². The Morgan fingerprint density at radius 3 is 1.58 bits per heavy atom. The molecule has 0 aromatic heterocycles. The second-order valence-corrected chi connectivity index (χ2v) is 6.01. The highest BCUT2D eigenvalue weighted by molar-refractivity contribution is 4.53. The van der Waals surface area contributed by atoms with E-state index < -0.39 is 0 Å². The molecule has 1 unspecified atom stereocenters. The molecule has 0 fully saturated rings. The van der Waals surface area contributed by atoms with E-state index in [1.54, 1.807) is 0 Å². The van der Waals surface area contributed by atoms with Crippen LogP contribution in [0, 0.1) is 0 Å². The molecular weight excluding hydrogens is 232 g/mol. The van der Waals surface area contributed by atoms with Crippen LogP contribution in [0.25, 0.3) is 0 Å².